The van der Waals surface area contributed by atoms with Crippen molar-refractivity contribution in [3.63, 3.8) is 0 Å². The fourth-order valence-electron chi connectivity index (χ4n) is 4.42. The summed E-state index contributed by atoms with van der Waals surface area (Å²) in [6.07, 6.45) is -1.06. The van der Waals surface area contributed by atoms with Gasteiger partial charge in [0.25, 0.3) is 0 Å². The fraction of sp³-hybridized carbons (Fsp3) is 0.273. The Balaban J connectivity index is 1.19. The molecule has 0 spiro atoms. The molecule has 1 atom stereocenters. The van der Waals surface area contributed by atoms with Crippen LogP contribution >= 0.6 is 0 Å². The smallest absolute Gasteiger partial charge is 0.411 e. The number of carbonyl (C=O) groups is 3. The van der Waals surface area contributed by atoms with Crippen molar-refractivity contribution in [2.75, 3.05) is 17.2 Å². The van der Waals surface area contributed by atoms with E-state index in [1.54, 1.807) is 18.2 Å². The zero-order valence-electron chi connectivity index (χ0n) is 24.3. The number of aryl methyl sites for hydroxylation is 1. The Morgan fingerprint density at radius 2 is 1.47 bits per heavy atom. The number of anilines is 2. The lowest BCUT2D eigenvalue weighted by atomic mass is 9.98. The van der Waals surface area contributed by atoms with Crippen molar-refractivity contribution < 1.29 is 28.3 Å². The molecule has 2 amide bonds. The molecule has 10 nitrogen and oxygen atoms in total. The summed E-state index contributed by atoms with van der Waals surface area (Å²) in [6.45, 7) is 6.12. The molecule has 1 heterocycles. The number of benzene rings is 3. The predicted molar refractivity (Wildman–Crippen MR) is 164 cm³/mol. The minimum atomic E-state index is -0.659. The van der Waals surface area contributed by atoms with Gasteiger partial charge in [-0.25, -0.2) is 14.4 Å². The molecule has 0 saturated heterocycles. The third-order valence-electron chi connectivity index (χ3n) is 6.72. The number of hydrogen-bond acceptors (Lipinski definition) is 8. The van der Waals surface area contributed by atoms with Gasteiger partial charge in [-0.15, -0.1) is 0 Å². The zero-order chi connectivity index (χ0) is 30.8. The van der Waals surface area contributed by atoms with Gasteiger partial charge < -0.3 is 24.5 Å². The predicted octanol–water partition coefficient (Wildman–Crippen LogP) is 6.17. The second-order valence-electron chi connectivity index (χ2n) is 10.4. The van der Waals surface area contributed by atoms with Crippen molar-refractivity contribution in [1.29, 1.82) is 0 Å². The Hall–Kier alpha value is -5.12. The van der Waals surface area contributed by atoms with Crippen LogP contribution in [-0.4, -0.2) is 30.6 Å². The number of amides is 2. The lowest BCUT2D eigenvalue weighted by Crippen LogP contribution is -2.45. The Bertz CT molecular complexity index is 1620. The molecule has 3 aromatic carbocycles. The van der Waals surface area contributed by atoms with Gasteiger partial charge in [0.2, 0.25) is 0 Å². The summed E-state index contributed by atoms with van der Waals surface area (Å²) in [7, 11) is 0. The van der Waals surface area contributed by atoms with Crippen molar-refractivity contribution in [1.82, 2.24) is 5.32 Å². The number of carbonyl (C=O) groups excluding carboxylic acids is 3. The Morgan fingerprint density at radius 1 is 0.814 bits per heavy atom. The van der Waals surface area contributed by atoms with E-state index in [9.17, 15) is 19.2 Å². The summed E-state index contributed by atoms with van der Waals surface area (Å²) < 4.78 is 15.8. The summed E-state index contributed by atoms with van der Waals surface area (Å²) in [5, 5.41) is 9.31. The van der Waals surface area contributed by atoms with Crippen LogP contribution in [0.1, 0.15) is 37.0 Å². The van der Waals surface area contributed by atoms with Crippen LogP contribution in [-0.2, 0) is 27.5 Å². The van der Waals surface area contributed by atoms with E-state index in [1.165, 1.54) is 6.07 Å². The number of hydrogen-bond donors (Lipinski definition) is 3. The number of Topliss-reactive ketones (excluding diaryl/α,β-unsaturated/α-hetero) is 1. The molecular formula is C33H35N3O7. The van der Waals surface area contributed by atoms with Crippen LogP contribution in [0.4, 0.5) is 21.0 Å². The minimum Gasteiger partial charge on any atom is -0.445 e. The first-order chi connectivity index (χ1) is 20.7. The SMILES string of the molecule is Cc1cc(=O)oc2cc(NC(=O)OCc3ccc(NCCC(=O)[C@@H](NC(=O)OCc4ccccc4)C(C)C)cc3)ccc12. The molecule has 0 aliphatic carbocycles. The second-order valence-corrected chi connectivity index (χ2v) is 10.4. The fourth-order valence-corrected chi connectivity index (χ4v) is 4.42. The second kappa shape index (κ2) is 14.7. The highest BCUT2D eigenvalue weighted by Gasteiger charge is 2.24. The van der Waals surface area contributed by atoms with Gasteiger partial charge >= 0.3 is 17.8 Å². The minimum absolute atomic E-state index is 0.0501. The van der Waals surface area contributed by atoms with Gasteiger partial charge in [0.1, 0.15) is 18.8 Å². The van der Waals surface area contributed by atoms with Crippen LogP contribution in [0.5, 0.6) is 0 Å². The largest absolute Gasteiger partial charge is 0.445 e. The van der Waals surface area contributed by atoms with Crippen LogP contribution in [0, 0.1) is 12.8 Å². The summed E-state index contributed by atoms with van der Waals surface area (Å²) in [5.74, 6) is -0.196. The molecule has 1 aromatic heterocycles. The van der Waals surface area contributed by atoms with E-state index in [2.05, 4.69) is 16.0 Å². The molecule has 0 saturated carbocycles. The maximum atomic E-state index is 12.8. The molecule has 0 unspecified atom stereocenters. The first kappa shape index (κ1) is 30.8. The molecule has 4 aromatic rings. The molecule has 0 bridgehead atoms. The quantitative estimate of drug-likeness (QED) is 0.168. The van der Waals surface area contributed by atoms with E-state index in [0.717, 1.165) is 27.8 Å². The Labute approximate surface area is 249 Å². The molecule has 0 radical (unpaired) electrons. The molecule has 0 aliphatic rings. The van der Waals surface area contributed by atoms with Crippen LogP contribution in [0.3, 0.4) is 0 Å². The highest BCUT2D eigenvalue weighted by atomic mass is 16.6. The topological polar surface area (TPSA) is 136 Å². The molecule has 4 rings (SSSR count). The Kier molecular flexibility index (Phi) is 10.5. The van der Waals surface area contributed by atoms with Crippen LogP contribution in [0.25, 0.3) is 11.0 Å². The first-order valence-electron chi connectivity index (χ1n) is 14.0. The maximum absolute atomic E-state index is 12.8. The molecule has 3 N–H and O–H groups in total. The molecule has 0 aliphatic heterocycles. The van der Waals surface area contributed by atoms with Gasteiger partial charge in [-0.1, -0.05) is 56.3 Å². The van der Waals surface area contributed by atoms with Crippen LogP contribution in [0.15, 0.2) is 88.1 Å². The Morgan fingerprint density at radius 3 is 2.16 bits per heavy atom. The van der Waals surface area contributed by atoms with E-state index in [0.29, 0.717) is 17.8 Å². The number of alkyl carbamates (subject to hydrolysis) is 1. The summed E-state index contributed by atoms with van der Waals surface area (Å²) in [5.41, 5.74) is 3.59. The van der Waals surface area contributed by atoms with Crippen molar-refractivity contribution in [3.05, 3.63) is 106 Å². The molecule has 224 valence electrons. The summed E-state index contributed by atoms with van der Waals surface area (Å²) >= 11 is 0. The standard InChI is InChI=1S/C33H35N3O7/c1-21(2)31(36-33(40)42-19-23-7-5-4-6-8-23)28(37)15-16-34-25-11-9-24(10-12-25)20-41-32(39)35-26-13-14-27-22(3)17-30(38)43-29(27)18-26/h4-14,17-18,21,31,34H,15-16,19-20H2,1-3H3,(H,35,39)(H,36,40)/t31-/m0/s1. The normalized spacial score (nSPS) is 11.5. The van der Waals surface area contributed by atoms with E-state index < -0.39 is 23.9 Å². The summed E-state index contributed by atoms with van der Waals surface area (Å²) in [6, 6.07) is 22.4. The van der Waals surface area contributed by atoms with Crippen molar-refractivity contribution in [2.45, 2.75) is 46.4 Å². The molecule has 43 heavy (non-hydrogen) atoms. The monoisotopic (exact) mass is 585 g/mol. The van der Waals surface area contributed by atoms with Crippen molar-refractivity contribution in [2.24, 2.45) is 5.92 Å². The average molecular weight is 586 g/mol. The van der Waals surface area contributed by atoms with E-state index in [-0.39, 0.29) is 31.3 Å². The first-order valence-corrected chi connectivity index (χ1v) is 14.0. The zero-order valence-corrected chi connectivity index (χ0v) is 24.3. The number of nitrogens with one attached hydrogen (secondary N) is 3. The van der Waals surface area contributed by atoms with Crippen LogP contribution < -0.4 is 21.6 Å². The van der Waals surface area contributed by atoms with Gasteiger partial charge in [-0.05, 0) is 53.8 Å². The van der Waals surface area contributed by atoms with Gasteiger partial charge in [0.15, 0.2) is 5.78 Å². The highest BCUT2D eigenvalue weighted by Crippen LogP contribution is 2.21. The highest BCUT2D eigenvalue weighted by molar-refractivity contribution is 5.90. The number of rotatable bonds is 12. The van der Waals surface area contributed by atoms with Crippen LogP contribution in [0.2, 0.25) is 0 Å². The lowest BCUT2D eigenvalue weighted by molar-refractivity contribution is -0.121. The summed E-state index contributed by atoms with van der Waals surface area (Å²) in [4.78, 5) is 49.0. The number of fused-ring (bicyclic) bond motifs is 1. The van der Waals surface area contributed by atoms with E-state index >= 15 is 0 Å². The van der Waals surface area contributed by atoms with Gasteiger partial charge in [0, 0.05) is 41.9 Å². The third kappa shape index (κ3) is 9.19. The van der Waals surface area contributed by atoms with Crippen molar-refractivity contribution >= 4 is 40.3 Å². The van der Waals surface area contributed by atoms with Gasteiger partial charge in [-0.3, -0.25) is 10.1 Å². The maximum Gasteiger partial charge on any atom is 0.411 e. The third-order valence-corrected chi connectivity index (χ3v) is 6.72. The molecule has 0 fully saturated rings. The lowest BCUT2D eigenvalue weighted by Gasteiger charge is -2.21. The van der Waals surface area contributed by atoms with E-state index in [4.69, 9.17) is 13.9 Å². The van der Waals surface area contributed by atoms with E-state index in [1.807, 2.05) is 75.4 Å². The average Bonchev–Trinajstić information content (AvgIpc) is 2.98. The number of ketones is 1. The van der Waals surface area contributed by atoms with Gasteiger partial charge in [0.05, 0.1) is 6.04 Å². The number of ether oxygens (including phenoxy) is 2. The molecule has 10 heteroatoms. The van der Waals surface area contributed by atoms with Gasteiger partial charge in [-0.2, -0.15) is 0 Å². The van der Waals surface area contributed by atoms with Crippen molar-refractivity contribution in [3.8, 4) is 0 Å². The molecular weight excluding hydrogens is 550 g/mol.